The van der Waals surface area contributed by atoms with Crippen LogP contribution in [0, 0.1) is 0 Å². The number of amides is 1. The first-order valence-corrected chi connectivity index (χ1v) is 11.0. The fourth-order valence-electron chi connectivity index (χ4n) is 4.51. The number of carbonyl (C=O) groups excluding carboxylic acids is 1. The second-order valence-electron chi connectivity index (χ2n) is 8.91. The largest absolute Gasteiger partial charge is 0.426 e. The van der Waals surface area contributed by atoms with E-state index >= 15 is 0 Å². The number of nitrogens with two attached hydrogens (primary N) is 2. The Hall–Kier alpha value is -3.52. The molecule has 0 spiro atoms. The smallest absolute Gasteiger partial charge is 0.399 e. The minimum absolute atomic E-state index is 0.00984. The summed E-state index contributed by atoms with van der Waals surface area (Å²) in [6.07, 6.45) is -4.31. The van der Waals surface area contributed by atoms with Gasteiger partial charge in [0.05, 0.1) is 11.4 Å². The van der Waals surface area contributed by atoms with Crippen LogP contribution in [0.15, 0.2) is 72.8 Å². The molecule has 0 aliphatic heterocycles. The van der Waals surface area contributed by atoms with Crippen molar-refractivity contribution in [3.8, 4) is 11.1 Å². The molecule has 178 valence electrons. The van der Waals surface area contributed by atoms with Crippen LogP contribution in [0.25, 0.3) is 11.1 Å². The Labute approximate surface area is 195 Å². The van der Waals surface area contributed by atoms with E-state index < -0.39 is 29.5 Å². The van der Waals surface area contributed by atoms with Gasteiger partial charge in [0.15, 0.2) is 0 Å². The summed E-state index contributed by atoms with van der Waals surface area (Å²) in [5, 5.41) is 13.1. The van der Waals surface area contributed by atoms with Crippen LogP contribution in [-0.2, 0) is 10.2 Å². The summed E-state index contributed by atoms with van der Waals surface area (Å²) in [5.41, 5.74) is 9.82. The molecular formula is C26H26F3N3O2. The summed E-state index contributed by atoms with van der Waals surface area (Å²) in [6, 6.07) is 20.3. The van der Waals surface area contributed by atoms with Gasteiger partial charge in [-0.25, -0.2) is 0 Å². The van der Waals surface area contributed by atoms with Crippen molar-refractivity contribution in [2.45, 2.75) is 42.9 Å². The highest BCUT2D eigenvalue weighted by molar-refractivity contribution is 6.00. The van der Waals surface area contributed by atoms with Gasteiger partial charge in [-0.3, -0.25) is 4.79 Å². The maximum absolute atomic E-state index is 14.2. The van der Waals surface area contributed by atoms with Gasteiger partial charge in [0, 0.05) is 12.1 Å². The molecule has 1 atom stereocenters. The Bertz CT molecular complexity index is 1180. The van der Waals surface area contributed by atoms with Crippen LogP contribution in [0.3, 0.4) is 0 Å². The average Bonchev–Trinajstić information content (AvgIpc) is 2.78. The third-order valence-electron chi connectivity index (χ3n) is 6.68. The van der Waals surface area contributed by atoms with Crippen LogP contribution >= 0.6 is 0 Å². The first-order valence-electron chi connectivity index (χ1n) is 11.0. The maximum Gasteiger partial charge on any atom is 0.426 e. The third kappa shape index (κ3) is 4.33. The minimum atomic E-state index is -5.18. The number of halogens is 3. The van der Waals surface area contributed by atoms with Crippen molar-refractivity contribution in [2.24, 2.45) is 0 Å². The van der Waals surface area contributed by atoms with E-state index in [2.05, 4.69) is 5.32 Å². The highest BCUT2D eigenvalue weighted by atomic mass is 19.4. The monoisotopic (exact) mass is 469 g/mol. The highest BCUT2D eigenvalue weighted by Crippen LogP contribution is 2.52. The highest BCUT2D eigenvalue weighted by Gasteiger charge is 2.63. The fourth-order valence-corrected chi connectivity index (χ4v) is 4.51. The molecule has 8 heteroatoms. The van der Waals surface area contributed by atoms with E-state index in [1.165, 1.54) is 12.1 Å². The van der Waals surface area contributed by atoms with E-state index in [1.54, 1.807) is 60.7 Å². The lowest BCUT2D eigenvalue weighted by Gasteiger charge is -2.47. The number of benzene rings is 3. The Balaban J connectivity index is 1.65. The maximum atomic E-state index is 14.2. The second kappa shape index (κ2) is 8.68. The predicted octanol–water partition coefficient (Wildman–Crippen LogP) is 5.26. The van der Waals surface area contributed by atoms with Gasteiger partial charge in [-0.15, -0.1) is 0 Å². The number of hydrogen-bond donors (Lipinski definition) is 4. The topological polar surface area (TPSA) is 101 Å². The summed E-state index contributed by atoms with van der Waals surface area (Å²) in [4.78, 5) is 13.0. The van der Waals surface area contributed by atoms with Crippen LogP contribution in [-0.4, -0.2) is 22.8 Å². The number of rotatable bonds is 6. The van der Waals surface area contributed by atoms with E-state index in [4.69, 9.17) is 11.5 Å². The molecule has 0 aromatic heterocycles. The van der Waals surface area contributed by atoms with Crippen molar-refractivity contribution < 1.29 is 23.1 Å². The lowest BCUT2D eigenvalue weighted by Crippen LogP contribution is -2.59. The van der Waals surface area contributed by atoms with Crippen molar-refractivity contribution in [1.29, 1.82) is 0 Å². The van der Waals surface area contributed by atoms with Crippen LogP contribution in [0.5, 0.6) is 0 Å². The number of nitrogens with one attached hydrogen (secondary N) is 1. The molecule has 3 aromatic rings. The lowest BCUT2D eigenvalue weighted by atomic mass is 9.59. The summed E-state index contributed by atoms with van der Waals surface area (Å²) in [5.74, 6) is -1.55. The molecule has 1 unspecified atom stereocenters. The first kappa shape index (κ1) is 23.6. The molecule has 4 rings (SSSR count). The average molecular weight is 470 g/mol. The van der Waals surface area contributed by atoms with E-state index in [1.807, 2.05) is 0 Å². The van der Waals surface area contributed by atoms with E-state index in [0.29, 0.717) is 29.7 Å². The standard InChI is InChI=1S/C26H26F3N3O2/c27-26(28,29)25(34,16-24(13-4-14-24)19-5-2-1-3-6-19)23(33)32-22-15-18(9-12-21(22)31)17-7-10-20(30)11-8-17/h1-3,5-12,15,34H,4,13-14,16,30-31H2,(H,32,33). The number of carbonyl (C=O) groups is 1. The van der Waals surface area contributed by atoms with Crippen molar-refractivity contribution in [3.63, 3.8) is 0 Å². The zero-order valence-electron chi connectivity index (χ0n) is 18.4. The molecule has 1 fully saturated rings. The summed E-state index contributed by atoms with van der Waals surface area (Å²) in [6.45, 7) is 0. The number of aliphatic hydroxyl groups is 1. The summed E-state index contributed by atoms with van der Waals surface area (Å²) in [7, 11) is 0. The number of anilines is 3. The van der Waals surface area contributed by atoms with E-state index in [9.17, 15) is 23.1 Å². The van der Waals surface area contributed by atoms with E-state index in [-0.39, 0.29) is 11.4 Å². The second-order valence-corrected chi connectivity index (χ2v) is 8.91. The number of hydrogen-bond acceptors (Lipinski definition) is 4. The zero-order chi connectivity index (χ0) is 24.6. The first-order chi connectivity index (χ1) is 16.0. The van der Waals surface area contributed by atoms with Crippen molar-refractivity contribution >= 4 is 23.0 Å². The summed E-state index contributed by atoms with van der Waals surface area (Å²) >= 11 is 0. The Morgan fingerprint density at radius 1 is 0.941 bits per heavy atom. The number of nitrogen functional groups attached to an aromatic ring is 2. The van der Waals surface area contributed by atoms with Gasteiger partial charge in [-0.05, 0) is 59.2 Å². The molecule has 6 N–H and O–H groups in total. The molecule has 34 heavy (non-hydrogen) atoms. The lowest BCUT2D eigenvalue weighted by molar-refractivity contribution is -0.257. The molecule has 1 aliphatic rings. The quantitative estimate of drug-likeness (QED) is 0.370. The van der Waals surface area contributed by atoms with Gasteiger partial charge in [0.1, 0.15) is 0 Å². The Kier molecular flexibility index (Phi) is 6.03. The van der Waals surface area contributed by atoms with Gasteiger partial charge >= 0.3 is 6.18 Å². The predicted molar refractivity (Wildman–Crippen MR) is 127 cm³/mol. The van der Waals surface area contributed by atoms with Crippen LogP contribution in [0.2, 0.25) is 0 Å². The van der Waals surface area contributed by atoms with Crippen molar-refractivity contribution in [1.82, 2.24) is 0 Å². The van der Waals surface area contributed by atoms with Gasteiger partial charge in [0.2, 0.25) is 5.60 Å². The SMILES string of the molecule is Nc1ccc(-c2ccc(N)c(NC(=O)C(O)(CC3(c4ccccc4)CCC3)C(F)(F)F)c2)cc1. The fraction of sp³-hybridized carbons (Fsp3) is 0.269. The molecule has 1 amide bonds. The molecule has 3 aromatic carbocycles. The van der Waals surface area contributed by atoms with Crippen LogP contribution < -0.4 is 16.8 Å². The normalized spacial score (nSPS) is 16.8. The Morgan fingerprint density at radius 2 is 1.56 bits per heavy atom. The molecule has 1 saturated carbocycles. The zero-order valence-corrected chi connectivity index (χ0v) is 18.4. The molecule has 0 saturated heterocycles. The molecule has 1 aliphatic carbocycles. The van der Waals surface area contributed by atoms with Crippen LogP contribution in [0.4, 0.5) is 30.2 Å². The summed E-state index contributed by atoms with van der Waals surface area (Å²) < 4.78 is 42.6. The molecule has 0 bridgehead atoms. The van der Waals surface area contributed by atoms with Gasteiger partial charge in [-0.2, -0.15) is 13.2 Å². The van der Waals surface area contributed by atoms with Crippen molar-refractivity contribution in [3.05, 3.63) is 78.4 Å². The molecular weight excluding hydrogens is 443 g/mol. The van der Waals surface area contributed by atoms with Crippen molar-refractivity contribution in [2.75, 3.05) is 16.8 Å². The van der Waals surface area contributed by atoms with Crippen LogP contribution in [0.1, 0.15) is 31.2 Å². The van der Waals surface area contributed by atoms with E-state index in [0.717, 1.165) is 12.0 Å². The number of alkyl halides is 3. The molecule has 5 nitrogen and oxygen atoms in total. The third-order valence-corrected chi connectivity index (χ3v) is 6.68. The van der Waals surface area contributed by atoms with Gasteiger partial charge in [0.25, 0.3) is 5.91 Å². The molecule has 0 radical (unpaired) electrons. The molecule has 0 heterocycles. The van der Waals surface area contributed by atoms with Gasteiger partial charge in [-0.1, -0.05) is 55.0 Å². The Morgan fingerprint density at radius 3 is 2.12 bits per heavy atom. The minimum Gasteiger partial charge on any atom is -0.399 e. The van der Waals surface area contributed by atoms with Gasteiger partial charge < -0.3 is 21.9 Å².